The fourth-order valence-electron chi connectivity index (χ4n) is 2.40. The molecule has 3 nitrogen and oxygen atoms in total. The fraction of sp³-hybridized carbons (Fsp3) is 0.350. The van der Waals surface area contributed by atoms with Gasteiger partial charge in [-0.15, -0.1) is 0 Å². The van der Waals surface area contributed by atoms with Crippen LogP contribution in [0.2, 0.25) is 0 Å². The van der Waals surface area contributed by atoms with E-state index in [2.05, 4.69) is 26.0 Å². The number of ether oxygens (including phenoxy) is 2. The maximum absolute atomic E-state index is 12.3. The molecule has 0 aliphatic carbocycles. The summed E-state index contributed by atoms with van der Waals surface area (Å²) in [4.78, 5) is 12.3. The summed E-state index contributed by atoms with van der Waals surface area (Å²) in [5, 5.41) is 0. The monoisotopic (exact) mass is 312 g/mol. The van der Waals surface area contributed by atoms with Crippen molar-refractivity contribution in [3.8, 4) is 11.5 Å². The van der Waals surface area contributed by atoms with E-state index < -0.39 is 0 Å². The van der Waals surface area contributed by atoms with E-state index in [1.165, 1.54) is 5.56 Å². The van der Waals surface area contributed by atoms with Crippen molar-refractivity contribution in [3.63, 3.8) is 0 Å². The number of hydrogen-bond acceptors (Lipinski definition) is 3. The van der Waals surface area contributed by atoms with Crippen LogP contribution < -0.4 is 9.47 Å². The summed E-state index contributed by atoms with van der Waals surface area (Å²) in [7, 11) is 1.60. The van der Waals surface area contributed by atoms with Crippen molar-refractivity contribution >= 4 is 5.97 Å². The Hall–Kier alpha value is -2.29. The Bertz CT molecular complexity index is 627. The first-order chi connectivity index (χ1) is 11.0. The molecule has 0 heterocycles. The summed E-state index contributed by atoms with van der Waals surface area (Å²) in [5.41, 5.74) is 2.26. The van der Waals surface area contributed by atoms with Gasteiger partial charge in [-0.1, -0.05) is 38.1 Å². The second kappa shape index (κ2) is 7.82. The van der Waals surface area contributed by atoms with Gasteiger partial charge in [0.25, 0.3) is 0 Å². The van der Waals surface area contributed by atoms with Crippen LogP contribution in [-0.4, -0.2) is 13.1 Å². The van der Waals surface area contributed by atoms with Crippen LogP contribution >= 0.6 is 0 Å². The van der Waals surface area contributed by atoms with Crippen molar-refractivity contribution in [2.24, 2.45) is 5.92 Å². The molecule has 0 fully saturated rings. The molecule has 23 heavy (non-hydrogen) atoms. The first-order valence-electron chi connectivity index (χ1n) is 7.94. The summed E-state index contributed by atoms with van der Waals surface area (Å²) < 4.78 is 10.5. The minimum atomic E-state index is -0.301. The minimum Gasteiger partial charge on any atom is -0.497 e. The van der Waals surface area contributed by atoms with Gasteiger partial charge in [0.05, 0.1) is 13.0 Å². The number of methoxy groups -OCH3 is 1. The lowest BCUT2D eigenvalue weighted by atomic mass is 9.97. The molecule has 0 unspecified atom stereocenters. The highest BCUT2D eigenvalue weighted by atomic mass is 16.5. The van der Waals surface area contributed by atoms with Gasteiger partial charge < -0.3 is 9.47 Å². The van der Waals surface area contributed by atoms with Crippen molar-refractivity contribution in [2.75, 3.05) is 7.11 Å². The molecule has 122 valence electrons. The largest absolute Gasteiger partial charge is 0.497 e. The second-order valence-corrected chi connectivity index (χ2v) is 6.16. The lowest BCUT2D eigenvalue weighted by Crippen LogP contribution is -2.16. The van der Waals surface area contributed by atoms with Gasteiger partial charge in [-0.3, -0.25) is 4.79 Å². The molecule has 2 aromatic rings. The van der Waals surface area contributed by atoms with E-state index in [4.69, 9.17) is 9.47 Å². The van der Waals surface area contributed by atoms with Gasteiger partial charge in [0.2, 0.25) is 0 Å². The highest BCUT2D eigenvalue weighted by molar-refractivity contribution is 5.79. The van der Waals surface area contributed by atoms with Crippen LogP contribution in [0.1, 0.15) is 37.8 Å². The third-order valence-electron chi connectivity index (χ3n) is 3.76. The molecule has 2 aromatic carbocycles. The second-order valence-electron chi connectivity index (χ2n) is 6.16. The molecule has 0 aliphatic heterocycles. The maximum atomic E-state index is 12.3. The number of hydrogen-bond donors (Lipinski definition) is 0. The van der Waals surface area contributed by atoms with Gasteiger partial charge >= 0.3 is 5.97 Å². The lowest BCUT2D eigenvalue weighted by Gasteiger charge is -2.13. The molecule has 0 aromatic heterocycles. The zero-order valence-corrected chi connectivity index (χ0v) is 14.2. The van der Waals surface area contributed by atoms with Gasteiger partial charge in [0.1, 0.15) is 11.5 Å². The van der Waals surface area contributed by atoms with E-state index >= 15 is 0 Å². The van der Waals surface area contributed by atoms with Gasteiger partial charge in [0, 0.05) is 0 Å². The Morgan fingerprint density at radius 2 is 1.48 bits per heavy atom. The van der Waals surface area contributed by atoms with Crippen LogP contribution in [0.15, 0.2) is 48.5 Å². The molecule has 1 atom stereocenters. The highest BCUT2D eigenvalue weighted by Gasteiger charge is 2.17. The summed E-state index contributed by atoms with van der Waals surface area (Å²) in [6, 6.07) is 15.2. The fourth-order valence-corrected chi connectivity index (χ4v) is 2.40. The molecular weight excluding hydrogens is 288 g/mol. The van der Waals surface area contributed by atoms with E-state index in [1.807, 2.05) is 19.1 Å². The number of benzene rings is 2. The number of rotatable bonds is 6. The molecule has 0 saturated carbocycles. The smallest absolute Gasteiger partial charge is 0.318 e. The van der Waals surface area contributed by atoms with Crippen LogP contribution in [0.5, 0.6) is 11.5 Å². The van der Waals surface area contributed by atoms with Crippen LogP contribution in [0, 0.1) is 5.92 Å². The molecule has 0 radical (unpaired) electrons. The summed E-state index contributed by atoms with van der Waals surface area (Å²) in [6.45, 7) is 6.26. The molecule has 2 rings (SSSR count). The summed E-state index contributed by atoms with van der Waals surface area (Å²) >= 11 is 0. The average molecular weight is 312 g/mol. The van der Waals surface area contributed by atoms with E-state index in [1.54, 1.807) is 31.4 Å². The first-order valence-corrected chi connectivity index (χ1v) is 7.94. The maximum Gasteiger partial charge on any atom is 0.318 e. The highest BCUT2D eigenvalue weighted by Crippen LogP contribution is 2.22. The Balaban J connectivity index is 2.00. The predicted octanol–water partition coefficient (Wildman–Crippen LogP) is 4.60. The number of carbonyl (C=O) groups excluding carboxylic acids is 1. The van der Waals surface area contributed by atoms with E-state index in [0.29, 0.717) is 11.7 Å². The third kappa shape index (κ3) is 4.85. The van der Waals surface area contributed by atoms with E-state index in [0.717, 1.165) is 17.7 Å². The summed E-state index contributed by atoms with van der Waals surface area (Å²) in [6.07, 6.45) is 1.05. The zero-order valence-electron chi connectivity index (χ0n) is 14.2. The number of carbonyl (C=O) groups is 1. The SMILES string of the molecule is COc1ccc(OC(=O)[C@H](C)c2ccc(CC(C)C)cc2)cc1. The van der Waals surface area contributed by atoms with Crippen LogP contribution in [0.3, 0.4) is 0 Å². The third-order valence-corrected chi connectivity index (χ3v) is 3.76. The topological polar surface area (TPSA) is 35.5 Å². The quantitative estimate of drug-likeness (QED) is 0.577. The predicted molar refractivity (Wildman–Crippen MR) is 92.0 cm³/mol. The minimum absolute atomic E-state index is 0.258. The lowest BCUT2D eigenvalue weighted by molar-refractivity contribution is -0.135. The molecule has 0 aliphatic rings. The van der Waals surface area contributed by atoms with Gasteiger partial charge in [-0.25, -0.2) is 0 Å². The normalized spacial score (nSPS) is 12.0. The molecule has 0 amide bonds. The van der Waals surface area contributed by atoms with E-state index in [-0.39, 0.29) is 11.9 Å². The van der Waals surface area contributed by atoms with E-state index in [9.17, 15) is 4.79 Å². The van der Waals surface area contributed by atoms with Crippen LogP contribution in [-0.2, 0) is 11.2 Å². The molecule has 0 bridgehead atoms. The van der Waals surface area contributed by atoms with Gasteiger partial charge in [0.15, 0.2) is 0 Å². The van der Waals surface area contributed by atoms with Gasteiger partial charge in [-0.05, 0) is 54.7 Å². The molecule has 0 saturated heterocycles. The molecule has 0 N–H and O–H groups in total. The standard InChI is InChI=1S/C20H24O3/c1-14(2)13-16-5-7-17(8-6-16)15(3)20(21)23-19-11-9-18(22-4)10-12-19/h5-12,14-15H,13H2,1-4H3/t15-/m1/s1. The molecule has 3 heteroatoms. The number of esters is 1. The Morgan fingerprint density at radius 3 is 2.00 bits per heavy atom. The van der Waals surface area contributed by atoms with Crippen LogP contribution in [0.25, 0.3) is 0 Å². The van der Waals surface area contributed by atoms with Gasteiger partial charge in [-0.2, -0.15) is 0 Å². The average Bonchev–Trinajstić information content (AvgIpc) is 2.55. The summed E-state index contributed by atoms with van der Waals surface area (Å²) in [5.74, 6) is 1.33. The van der Waals surface area contributed by atoms with Crippen molar-refractivity contribution in [1.82, 2.24) is 0 Å². The Kier molecular flexibility index (Phi) is 5.80. The van der Waals surface area contributed by atoms with Crippen LogP contribution in [0.4, 0.5) is 0 Å². The Morgan fingerprint density at radius 1 is 0.913 bits per heavy atom. The van der Waals surface area contributed by atoms with Crippen molar-refractivity contribution in [2.45, 2.75) is 33.1 Å². The zero-order chi connectivity index (χ0) is 16.8. The van der Waals surface area contributed by atoms with Crippen molar-refractivity contribution < 1.29 is 14.3 Å². The Labute approximate surface area is 138 Å². The van der Waals surface area contributed by atoms with Crippen molar-refractivity contribution in [3.05, 3.63) is 59.7 Å². The molecule has 0 spiro atoms. The first kappa shape index (κ1) is 17.1. The van der Waals surface area contributed by atoms with Crippen molar-refractivity contribution in [1.29, 1.82) is 0 Å². The molecular formula is C20H24O3.